The molecule has 0 atom stereocenters. The number of nitrogens with one attached hydrogen (secondary N) is 1. The average Bonchev–Trinajstić information content (AvgIpc) is 3.40. The van der Waals surface area contributed by atoms with Crippen molar-refractivity contribution in [2.24, 2.45) is 7.05 Å². The first-order valence-electron chi connectivity index (χ1n) is 10.5. The number of rotatable bonds is 4. The molecular weight excluding hydrogens is 447 g/mol. The van der Waals surface area contributed by atoms with Gasteiger partial charge in [0.2, 0.25) is 5.89 Å². The third-order valence-corrected chi connectivity index (χ3v) is 5.63. The lowest BCUT2D eigenvalue weighted by Gasteiger charge is -2.32. The van der Waals surface area contributed by atoms with Gasteiger partial charge in [-0.25, -0.2) is 9.37 Å². The second-order valence-electron chi connectivity index (χ2n) is 8.07. The van der Waals surface area contributed by atoms with Crippen LogP contribution in [0.1, 0.15) is 29.0 Å². The summed E-state index contributed by atoms with van der Waals surface area (Å²) in [6.07, 6.45) is 5.05. The maximum atomic E-state index is 13.7. The van der Waals surface area contributed by atoms with Crippen molar-refractivity contribution in [1.29, 1.82) is 0 Å². The maximum absolute atomic E-state index is 13.7. The Balaban J connectivity index is 0.00000259. The summed E-state index contributed by atoms with van der Waals surface area (Å²) in [7, 11) is 1.85. The highest BCUT2D eigenvalue weighted by molar-refractivity contribution is 6.06. The Bertz CT molecular complexity index is 1300. The van der Waals surface area contributed by atoms with Crippen LogP contribution in [0.15, 0.2) is 47.3 Å². The van der Waals surface area contributed by atoms with Crippen LogP contribution >= 0.6 is 12.4 Å². The van der Waals surface area contributed by atoms with Gasteiger partial charge in [0.05, 0.1) is 16.9 Å². The predicted molar refractivity (Wildman–Crippen MR) is 127 cm³/mol. The number of pyridine rings is 1. The van der Waals surface area contributed by atoms with Crippen LogP contribution in [0.5, 0.6) is 0 Å². The monoisotopic (exact) mass is 470 g/mol. The SMILES string of the molecule is Cc1cc(-c2nc(C(=O)Nc3cc4cn(C)nc4cc3N3CCC(F)CC3)co2)ccn1.Cl. The Kier molecular flexibility index (Phi) is 6.33. The van der Waals surface area contributed by atoms with E-state index in [1.54, 1.807) is 16.9 Å². The number of benzene rings is 1. The number of hydrogen-bond donors (Lipinski definition) is 1. The number of amides is 1. The Morgan fingerprint density at radius 3 is 2.79 bits per heavy atom. The third kappa shape index (κ3) is 4.68. The molecule has 0 radical (unpaired) electrons. The van der Waals surface area contributed by atoms with Gasteiger partial charge in [-0.15, -0.1) is 12.4 Å². The van der Waals surface area contributed by atoms with E-state index in [1.807, 2.05) is 38.4 Å². The van der Waals surface area contributed by atoms with Gasteiger partial charge >= 0.3 is 0 Å². The molecule has 10 heteroatoms. The minimum Gasteiger partial charge on any atom is -0.444 e. The summed E-state index contributed by atoms with van der Waals surface area (Å²) in [5.41, 5.74) is 4.04. The van der Waals surface area contributed by atoms with Crippen LogP contribution in [0.2, 0.25) is 0 Å². The zero-order chi connectivity index (χ0) is 22.2. The number of halogens is 2. The van der Waals surface area contributed by atoms with Crippen molar-refractivity contribution in [3.63, 3.8) is 0 Å². The Hall–Kier alpha value is -3.46. The molecule has 0 saturated carbocycles. The molecule has 4 heterocycles. The highest BCUT2D eigenvalue weighted by Gasteiger charge is 2.23. The van der Waals surface area contributed by atoms with E-state index < -0.39 is 6.17 Å². The fourth-order valence-corrected chi connectivity index (χ4v) is 4.01. The minimum absolute atomic E-state index is 0. The summed E-state index contributed by atoms with van der Waals surface area (Å²) < 4.78 is 21.0. The summed E-state index contributed by atoms with van der Waals surface area (Å²) in [5, 5.41) is 8.35. The van der Waals surface area contributed by atoms with E-state index in [-0.39, 0.29) is 24.0 Å². The van der Waals surface area contributed by atoms with E-state index in [2.05, 4.69) is 25.3 Å². The van der Waals surface area contributed by atoms with Gasteiger partial charge in [0.25, 0.3) is 5.91 Å². The van der Waals surface area contributed by atoms with Crippen molar-refractivity contribution in [3.8, 4) is 11.5 Å². The summed E-state index contributed by atoms with van der Waals surface area (Å²) in [5.74, 6) is -0.0238. The molecular formula is C23H24ClFN6O2. The van der Waals surface area contributed by atoms with Gasteiger partial charge in [0, 0.05) is 49.2 Å². The van der Waals surface area contributed by atoms with Gasteiger partial charge in [-0.2, -0.15) is 5.10 Å². The van der Waals surface area contributed by atoms with E-state index in [0.717, 1.165) is 27.8 Å². The van der Waals surface area contributed by atoms with Gasteiger partial charge in [-0.3, -0.25) is 14.5 Å². The Morgan fingerprint density at radius 2 is 2.03 bits per heavy atom. The number of hydrogen-bond acceptors (Lipinski definition) is 6. The number of aryl methyl sites for hydroxylation is 2. The molecule has 0 bridgehead atoms. The largest absolute Gasteiger partial charge is 0.444 e. The molecule has 3 aromatic heterocycles. The number of nitrogens with zero attached hydrogens (tertiary/aromatic N) is 5. The van der Waals surface area contributed by atoms with Crippen LogP contribution in [0.25, 0.3) is 22.4 Å². The quantitative estimate of drug-likeness (QED) is 0.471. The van der Waals surface area contributed by atoms with Gasteiger partial charge in [0.1, 0.15) is 12.4 Å². The molecule has 1 N–H and O–H groups in total. The molecule has 5 rings (SSSR count). The first-order valence-corrected chi connectivity index (χ1v) is 10.5. The highest BCUT2D eigenvalue weighted by atomic mass is 35.5. The van der Waals surface area contributed by atoms with Gasteiger partial charge < -0.3 is 14.6 Å². The predicted octanol–water partition coefficient (Wildman–Crippen LogP) is 4.54. The molecule has 1 aliphatic heterocycles. The number of anilines is 2. The van der Waals surface area contributed by atoms with Crippen LogP contribution in [0, 0.1) is 6.92 Å². The van der Waals surface area contributed by atoms with Crippen molar-refractivity contribution in [2.75, 3.05) is 23.3 Å². The van der Waals surface area contributed by atoms with Crippen molar-refractivity contribution < 1.29 is 13.6 Å². The molecule has 172 valence electrons. The number of carbonyl (C=O) groups is 1. The summed E-state index contributed by atoms with van der Waals surface area (Å²) in [6.45, 7) is 3.04. The fourth-order valence-electron chi connectivity index (χ4n) is 4.01. The molecule has 1 amide bonds. The molecule has 0 aliphatic carbocycles. The lowest BCUT2D eigenvalue weighted by atomic mass is 10.1. The zero-order valence-corrected chi connectivity index (χ0v) is 19.1. The topological polar surface area (TPSA) is 89.1 Å². The van der Waals surface area contributed by atoms with Crippen molar-refractivity contribution >= 4 is 40.6 Å². The summed E-state index contributed by atoms with van der Waals surface area (Å²) >= 11 is 0. The van der Waals surface area contributed by atoms with E-state index >= 15 is 0 Å². The standard InChI is InChI=1S/C23H23FN6O2.ClH/c1-14-9-15(3-6-25-14)23-27-20(13-32-23)22(31)26-19-10-16-12-29(2)28-18(16)11-21(19)30-7-4-17(24)5-8-30;/h3,6,9-13,17H,4-5,7-8H2,1-2H3,(H,26,31);1H. The first-order chi connectivity index (χ1) is 15.5. The highest BCUT2D eigenvalue weighted by Crippen LogP contribution is 2.33. The van der Waals surface area contributed by atoms with Crippen molar-refractivity contribution in [2.45, 2.75) is 25.9 Å². The lowest BCUT2D eigenvalue weighted by Crippen LogP contribution is -2.35. The number of carbonyl (C=O) groups excluding carboxylic acids is 1. The second kappa shape index (κ2) is 9.19. The number of aromatic nitrogens is 4. The molecule has 0 spiro atoms. The number of alkyl halides is 1. The third-order valence-electron chi connectivity index (χ3n) is 5.63. The molecule has 33 heavy (non-hydrogen) atoms. The van der Waals surface area contributed by atoms with Gasteiger partial charge in [0.15, 0.2) is 5.69 Å². The maximum Gasteiger partial charge on any atom is 0.277 e. The molecule has 0 unspecified atom stereocenters. The van der Waals surface area contributed by atoms with Crippen LogP contribution in [-0.2, 0) is 7.05 Å². The molecule has 1 aromatic carbocycles. The first kappa shape index (κ1) is 22.7. The van der Waals surface area contributed by atoms with Crippen molar-refractivity contribution in [1.82, 2.24) is 19.7 Å². The van der Waals surface area contributed by atoms with Gasteiger partial charge in [-0.05, 0) is 44.0 Å². The Labute approximate surface area is 196 Å². The van der Waals surface area contributed by atoms with Crippen LogP contribution in [0.3, 0.4) is 0 Å². The normalized spacial score (nSPS) is 14.3. The second-order valence-corrected chi connectivity index (χ2v) is 8.07. The molecule has 1 saturated heterocycles. The van der Waals surface area contributed by atoms with E-state index in [1.165, 1.54) is 6.26 Å². The molecule has 4 aromatic rings. The minimum atomic E-state index is -0.784. The number of fused-ring (bicyclic) bond motifs is 1. The van der Waals surface area contributed by atoms with E-state index in [4.69, 9.17) is 4.42 Å². The summed E-state index contributed by atoms with van der Waals surface area (Å²) in [4.78, 5) is 23.6. The number of piperidine rings is 1. The van der Waals surface area contributed by atoms with E-state index in [9.17, 15) is 9.18 Å². The molecule has 8 nitrogen and oxygen atoms in total. The molecule has 1 fully saturated rings. The van der Waals surface area contributed by atoms with Gasteiger partial charge in [-0.1, -0.05) is 0 Å². The zero-order valence-electron chi connectivity index (χ0n) is 18.3. The molecule has 1 aliphatic rings. The average molecular weight is 471 g/mol. The van der Waals surface area contributed by atoms with E-state index in [0.29, 0.717) is 37.5 Å². The lowest BCUT2D eigenvalue weighted by molar-refractivity contribution is 0.102. The Morgan fingerprint density at radius 1 is 1.24 bits per heavy atom. The van der Waals surface area contributed by atoms with Crippen LogP contribution in [0.4, 0.5) is 15.8 Å². The number of oxazole rings is 1. The van der Waals surface area contributed by atoms with Crippen molar-refractivity contribution in [3.05, 3.63) is 54.3 Å². The smallest absolute Gasteiger partial charge is 0.277 e. The van der Waals surface area contributed by atoms with Crippen LogP contribution < -0.4 is 10.2 Å². The van der Waals surface area contributed by atoms with Crippen LogP contribution in [-0.4, -0.2) is 44.9 Å². The fraction of sp³-hybridized carbons (Fsp3) is 0.304. The summed E-state index contributed by atoms with van der Waals surface area (Å²) in [6, 6.07) is 7.46.